The van der Waals surface area contributed by atoms with E-state index in [2.05, 4.69) is 21.0 Å². The molecule has 2 aromatic rings. The van der Waals surface area contributed by atoms with Gasteiger partial charge in [0, 0.05) is 9.50 Å². The highest BCUT2D eigenvalue weighted by molar-refractivity contribution is 9.10. The van der Waals surface area contributed by atoms with Gasteiger partial charge in [-0.1, -0.05) is 45.7 Å². The Bertz CT molecular complexity index is 797. The second kappa shape index (κ2) is 6.07. The van der Waals surface area contributed by atoms with Crippen LogP contribution in [-0.4, -0.2) is 11.6 Å². The maximum Gasteiger partial charge on any atom is 0.280 e. The van der Waals surface area contributed by atoms with Crippen LogP contribution in [0.3, 0.4) is 0 Å². The van der Waals surface area contributed by atoms with Crippen LogP contribution in [0.25, 0.3) is 6.08 Å². The second-order valence-electron chi connectivity index (χ2n) is 4.89. The number of hydrogen-bond donors (Lipinski definition) is 0. The average molecular weight is 376 g/mol. The Kier molecular flexibility index (Phi) is 4.14. The first-order valence-electron chi connectivity index (χ1n) is 6.67. The van der Waals surface area contributed by atoms with Crippen LogP contribution in [0.2, 0.25) is 5.02 Å². The molecule has 5 heteroatoms. The van der Waals surface area contributed by atoms with Crippen molar-refractivity contribution in [3.05, 3.63) is 69.2 Å². The van der Waals surface area contributed by atoms with Crippen molar-refractivity contribution in [2.75, 3.05) is 5.01 Å². The number of nitrogens with zero attached hydrogens (tertiary/aromatic N) is 2. The maximum absolute atomic E-state index is 12.6. The van der Waals surface area contributed by atoms with Gasteiger partial charge in [0.2, 0.25) is 0 Å². The van der Waals surface area contributed by atoms with Gasteiger partial charge in [0.05, 0.1) is 17.0 Å². The molecule has 0 N–H and O–H groups in total. The fourth-order valence-corrected chi connectivity index (χ4v) is 2.64. The number of anilines is 1. The predicted octanol–water partition coefficient (Wildman–Crippen LogP) is 4.91. The molecule has 1 aliphatic heterocycles. The number of carbonyl (C=O) groups is 1. The second-order valence-corrected chi connectivity index (χ2v) is 6.24. The van der Waals surface area contributed by atoms with E-state index >= 15 is 0 Å². The highest BCUT2D eigenvalue weighted by Gasteiger charge is 2.28. The zero-order valence-electron chi connectivity index (χ0n) is 11.8. The lowest BCUT2D eigenvalue weighted by Crippen LogP contribution is -2.21. The molecule has 2 aromatic carbocycles. The fourth-order valence-electron chi connectivity index (χ4n) is 2.19. The molecular formula is C17H12BrClN2O. The third-order valence-corrected chi connectivity index (χ3v) is 4.06. The van der Waals surface area contributed by atoms with E-state index in [-0.39, 0.29) is 5.91 Å². The number of rotatable bonds is 2. The van der Waals surface area contributed by atoms with E-state index in [0.29, 0.717) is 22.0 Å². The lowest BCUT2D eigenvalue weighted by molar-refractivity contribution is -0.114. The van der Waals surface area contributed by atoms with Crippen LogP contribution in [0.4, 0.5) is 5.69 Å². The van der Waals surface area contributed by atoms with Crippen molar-refractivity contribution in [1.82, 2.24) is 0 Å². The third kappa shape index (κ3) is 2.98. The Hall–Kier alpha value is -1.91. The quantitative estimate of drug-likeness (QED) is 0.687. The average Bonchev–Trinajstić information content (AvgIpc) is 2.77. The first-order valence-corrected chi connectivity index (χ1v) is 7.84. The summed E-state index contributed by atoms with van der Waals surface area (Å²) in [7, 11) is 0. The Labute approximate surface area is 142 Å². The molecule has 0 bridgehead atoms. The van der Waals surface area contributed by atoms with Crippen molar-refractivity contribution in [2.24, 2.45) is 5.10 Å². The Morgan fingerprint density at radius 3 is 2.59 bits per heavy atom. The molecule has 0 aromatic heterocycles. The van der Waals surface area contributed by atoms with Crippen LogP contribution >= 0.6 is 27.5 Å². The SMILES string of the molecule is CC1=NN(c2cccc(Cl)c2)C(=O)C1=Cc1ccc(Br)cc1. The zero-order valence-corrected chi connectivity index (χ0v) is 14.1. The molecule has 110 valence electrons. The molecule has 0 fully saturated rings. The van der Waals surface area contributed by atoms with Gasteiger partial charge < -0.3 is 0 Å². The van der Waals surface area contributed by atoms with Gasteiger partial charge in [-0.05, 0) is 48.9 Å². The maximum atomic E-state index is 12.6. The largest absolute Gasteiger partial charge is 0.280 e. The lowest BCUT2D eigenvalue weighted by atomic mass is 10.1. The molecule has 0 atom stereocenters. The van der Waals surface area contributed by atoms with Gasteiger partial charge in [0.15, 0.2) is 0 Å². The summed E-state index contributed by atoms with van der Waals surface area (Å²) in [6, 6.07) is 14.9. The van der Waals surface area contributed by atoms with Crippen LogP contribution in [-0.2, 0) is 4.79 Å². The van der Waals surface area contributed by atoms with Crippen molar-refractivity contribution < 1.29 is 4.79 Å². The molecule has 1 heterocycles. The Balaban J connectivity index is 1.94. The summed E-state index contributed by atoms with van der Waals surface area (Å²) in [4.78, 5) is 12.6. The number of benzene rings is 2. The summed E-state index contributed by atoms with van der Waals surface area (Å²) in [6.45, 7) is 1.83. The summed E-state index contributed by atoms with van der Waals surface area (Å²) in [5.41, 5.74) is 2.89. The molecule has 3 rings (SSSR count). The molecule has 1 aliphatic rings. The lowest BCUT2D eigenvalue weighted by Gasteiger charge is -2.11. The Morgan fingerprint density at radius 2 is 1.91 bits per heavy atom. The minimum atomic E-state index is -0.150. The van der Waals surface area contributed by atoms with Gasteiger partial charge in [-0.3, -0.25) is 4.79 Å². The first-order chi connectivity index (χ1) is 10.5. The molecule has 22 heavy (non-hydrogen) atoms. The van der Waals surface area contributed by atoms with Crippen LogP contribution < -0.4 is 5.01 Å². The number of amides is 1. The van der Waals surface area contributed by atoms with E-state index in [1.54, 1.807) is 18.2 Å². The van der Waals surface area contributed by atoms with Gasteiger partial charge >= 0.3 is 0 Å². The van der Waals surface area contributed by atoms with Crippen molar-refractivity contribution in [3.63, 3.8) is 0 Å². The molecule has 0 saturated carbocycles. The highest BCUT2D eigenvalue weighted by atomic mass is 79.9. The molecule has 1 amide bonds. The van der Waals surface area contributed by atoms with Crippen molar-refractivity contribution >= 4 is 50.9 Å². The summed E-state index contributed by atoms with van der Waals surface area (Å²) in [5.74, 6) is -0.150. The Morgan fingerprint density at radius 1 is 1.18 bits per heavy atom. The summed E-state index contributed by atoms with van der Waals surface area (Å²) in [6.07, 6.45) is 1.85. The normalized spacial score (nSPS) is 16.3. The van der Waals surface area contributed by atoms with Crippen molar-refractivity contribution in [1.29, 1.82) is 0 Å². The molecule has 3 nitrogen and oxygen atoms in total. The van der Waals surface area contributed by atoms with Gasteiger partial charge in [-0.25, -0.2) is 0 Å². The van der Waals surface area contributed by atoms with E-state index in [9.17, 15) is 4.79 Å². The van der Waals surface area contributed by atoms with Crippen molar-refractivity contribution in [2.45, 2.75) is 6.92 Å². The van der Waals surface area contributed by atoms with E-state index in [1.807, 2.05) is 43.3 Å². The van der Waals surface area contributed by atoms with Crippen LogP contribution in [0.15, 0.2) is 63.7 Å². The number of hydrogen-bond acceptors (Lipinski definition) is 2. The monoisotopic (exact) mass is 374 g/mol. The summed E-state index contributed by atoms with van der Waals surface area (Å²) >= 11 is 9.38. The fraction of sp³-hybridized carbons (Fsp3) is 0.0588. The minimum Gasteiger partial charge on any atom is -0.267 e. The summed E-state index contributed by atoms with van der Waals surface area (Å²) < 4.78 is 0.998. The van der Waals surface area contributed by atoms with Gasteiger partial charge in [-0.15, -0.1) is 0 Å². The molecule has 0 spiro atoms. The van der Waals surface area contributed by atoms with Crippen molar-refractivity contribution in [3.8, 4) is 0 Å². The molecule has 0 aliphatic carbocycles. The minimum absolute atomic E-state index is 0.150. The predicted molar refractivity (Wildman–Crippen MR) is 94.2 cm³/mol. The number of carbonyl (C=O) groups excluding carboxylic acids is 1. The van der Waals surface area contributed by atoms with Crippen LogP contribution in [0.5, 0.6) is 0 Å². The molecule has 0 saturated heterocycles. The topological polar surface area (TPSA) is 32.7 Å². The van der Waals surface area contributed by atoms with E-state index in [0.717, 1.165) is 10.0 Å². The van der Waals surface area contributed by atoms with Gasteiger partial charge in [-0.2, -0.15) is 10.1 Å². The number of hydrazone groups is 1. The smallest absolute Gasteiger partial charge is 0.267 e. The molecular weight excluding hydrogens is 364 g/mol. The van der Waals surface area contributed by atoms with Gasteiger partial charge in [0.25, 0.3) is 5.91 Å². The first kappa shape index (κ1) is 15.0. The molecule has 0 radical (unpaired) electrons. The van der Waals surface area contributed by atoms with E-state index < -0.39 is 0 Å². The standard InChI is InChI=1S/C17H12BrClN2O/c1-11-16(9-12-5-7-13(18)8-6-12)17(22)21(20-11)15-4-2-3-14(19)10-15/h2-10H,1H3. The zero-order chi connectivity index (χ0) is 15.7. The number of halogens is 2. The van der Waals surface area contributed by atoms with E-state index in [1.165, 1.54) is 5.01 Å². The third-order valence-electron chi connectivity index (χ3n) is 3.30. The van der Waals surface area contributed by atoms with E-state index in [4.69, 9.17) is 11.6 Å². The van der Waals surface area contributed by atoms with Crippen LogP contribution in [0.1, 0.15) is 12.5 Å². The molecule has 0 unspecified atom stereocenters. The van der Waals surface area contributed by atoms with Crippen LogP contribution in [0, 0.1) is 0 Å². The summed E-state index contributed by atoms with van der Waals surface area (Å²) in [5, 5.41) is 6.29. The highest BCUT2D eigenvalue weighted by Crippen LogP contribution is 2.27. The van der Waals surface area contributed by atoms with Gasteiger partial charge in [0.1, 0.15) is 0 Å².